The molecule has 0 radical (unpaired) electrons. The van der Waals surface area contributed by atoms with E-state index < -0.39 is 22.2 Å². The van der Waals surface area contributed by atoms with Gasteiger partial charge in [-0.05, 0) is 22.0 Å². The molecule has 1 N–H and O–H groups in total. The first-order chi connectivity index (χ1) is 7.50. The Morgan fingerprint density at radius 3 is 2.81 bits per heavy atom. The van der Waals surface area contributed by atoms with E-state index in [4.69, 9.17) is 0 Å². The summed E-state index contributed by atoms with van der Waals surface area (Å²) in [6, 6.07) is 2.34. The molecule has 0 saturated heterocycles. The number of aromatic hydroxyl groups is 1. The summed E-state index contributed by atoms with van der Waals surface area (Å²) in [6.45, 7) is 0. The molecule has 1 aromatic carbocycles. The van der Waals surface area contributed by atoms with E-state index in [9.17, 15) is 19.6 Å². The highest BCUT2D eigenvalue weighted by Gasteiger charge is 2.18. The van der Waals surface area contributed by atoms with Gasteiger partial charge in [-0.3, -0.25) is 10.1 Å². The summed E-state index contributed by atoms with van der Waals surface area (Å²) in [6.07, 6.45) is 0.894. The van der Waals surface area contributed by atoms with Crippen LogP contribution in [-0.2, 0) is 0 Å². The maximum Gasteiger partial charge on any atom is 0.329 e. The quantitative estimate of drug-likeness (QED) is 0.646. The Morgan fingerprint density at radius 1 is 1.50 bits per heavy atom. The minimum atomic E-state index is -0.751. The molecule has 0 aliphatic heterocycles. The zero-order valence-corrected chi connectivity index (χ0v) is 9.23. The Hall–Kier alpha value is -1.76. The normalized spacial score (nSPS) is 10.6. The number of nitro groups is 1. The molecule has 2 aromatic rings. The van der Waals surface area contributed by atoms with Crippen molar-refractivity contribution in [1.29, 1.82) is 0 Å². The first kappa shape index (κ1) is 10.7. The summed E-state index contributed by atoms with van der Waals surface area (Å²) in [4.78, 5) is 13.5. The summed E-state index contributed by atoms with van der Waals surface area (Å²) < 4.78 is 13.2. The molecule has 1 aromatic heterocycles. The lowest BCUT2D eigenvalue weighted by Crippen LogP contribution is -1.92. The van der Waals surface area contributed by atoms with E-state index in [1.807, 2.05) is 0 Å². The smallest absolute Gasteiger partial charge is 0.329 e. The fraction of sp³-hybridized carbons (Fsp3) is 0. The van der Waals surface area contributed by atoms with Crippen molar-refractivity contribution in [2.24, 2.45) is 0 Å². The second kappa shape index (κ2) is 3.67. The number of hydrogen-bond acceptors (Lipinski definition) is 4. The Kier molecular flexibility index (Phi) is 2.47. The second-order valence-corrected chi connectivity index (χ2v) is 3.89. The standard InChI is InChI=1S/C9H4BrFN2O3/c10-5-1-4-7(2-6(5)11)12-3-8(9(4)14)13(15)16/h1-3H,(H,12,14). The average molecular weight is 287 g/mol. The minimum Gasteiger partial charge on any atom is -0.502 e. The van der Waals surface area contributed by atoms with Crippen molar-refractivity contribution in [3.8, 4) is 5.75 Å². The van der Waals surface area contributed by atoms with E-state index in [0.29, 0.717) is 0 Å². The molecular weight excluding hydrogens is 283 g/mol. The van der Waals surface area contributed by atoms with E-state index in [1.54, 1.807) is 0 Å². The molecule has 0 aliphatic rings. The van der Waals surface area contributed by atoms with Gasteiger partial charge in [-0.15, -0.1) is 0 Å². The average Bonchev–Trinajstić information content (AvgIpc) is 2.21. The van der Waals surface area contributed by atoms with Gasteiger partial charge in [-0.2, -0.15) is 0 Å². The molecule has 0 aliphatic carbocycles. The lowest BCUT2D eigenvalue weighted by atomic mass is 10.2. The van der Waals surface area contributed by atoms with Crippen LogP contribution in [0.2, 0.25) is 0 Å². The Morgan fingerprint density at radius 2 is 2.19 bits per heavy atom. The molecule has 0 fully saturated rings. The van der Waals surface area contributed by atoms with Crippen molar-refractivity contribution < 1.29 is 14.4 Å². The van der Waals surface area contributed by atoms with Gasteiger partial charge in [-0.25, -0.2) is 9.37 Å². The number of rotatable bonds is 1. The van der Waals surface area contributed by atoms with Gasteiger partial charge in [0.25, 0.3) is 0 Å². The molecule has 0 unspecified atom stereocenters. The van der Waals surface area contributed by atoms with Crippen LogP contribution in [-0.4, -0.2) is 15.0 Å². The number of benzene rings is 1. The van der Waals surface area contributed by atoms with Crippen LogP contribution in [0.15, 0.2) is 22.8 Å². The molecule has 16 heavy (non-hydrogen) atoms. The SMILES string of the molecule is O=[N+]([O-])c1cnc2cc(F)c(Br)cc2c1O. The topological polar surface area (TPSA) is 76.3 Å². The molecular formula is C9H4BrFN2O3. The van der Waals surface area contributed by atoms with Crippen molar-refractivity contribution in [1.82, 2.24) is 4.98 Å². The predicted molar refractivity (Wildman–Crippen MR) is 57.7 cm³/mol. The van der Waals surface area contributed by atoms with Gasteiger partial charge in [0.2, 0.25) is 5.75 Å². The maximum absolute atomic E-state index is 13.1. The first-order valence-corrected chi connectivity index (χ1v) is 4.91. The predicted octanol–water partition coefficient (Wildman–Crippen LogP) is 2.75. The summed E-state index contributed by atoms with van der Waals surface area (Å²) in [5, 5.41) is 20.3. The first-order valence-electron chi connectivity index (χ1n) is 4.12. The Labute approximate surface area is 96.8 Å². The number of nitrogens with zero attached hydrogens (tertiary/aromatic N) is 2. The molecule has 1 heterocycles. The number of hydrogen-bond donors (Lipinski definition) is 1. The molecule has 2 rings (SSSR count). The van der Waals surface area contributed by atoms with Crippen LogP contribution in [0.4, 0.5) is 10.1 Å². The van der Waals surface area contributed by atoms with Gasteiger partial charge < -0.3 is 5.11 Å². The third kappa shape index (κ3) is 1.58. The minimum absolute atomic E-state index is 0.109. The summed E-state index contributed by atoms with van der Waals surface area (Å²) in [5.41, 5.74) is -0.352. The lowest BCUT2D eigenvalue weighted by Gasteiger charge is -2.02. The van der Waals surface area contributed by atoms with Crippen LogP contribution in [0.25, 0.3) is 10.9 Å². The third-order valence-electron chi connectivity index (χ3n) is 2.06. The number of halogens is 2. The van der Waals surface area contributed by atoms with E-state index in [2.05, 4.69) is 20.9 Å². The molecule has 0 saturated carbocycles. The highest BCUT2D eigenvalue weighted by atomic mass is 79.9. The monoisotopic (exact) mass is 286 g/mol. The van der Waals surface area contributed by atoms with E-state index in [1.165, 1.54) is 6.07 Å². The molecule has 0 amide bonds. The van der Waals surface area contributed by atoms with Crippen molar-refractivity contribution >= 4 is 32.5 Å². The number of pyridine rings is 1. The third-order valence-corrected chi connectivity index (χ3v) is 2.67. The zero-order chi connectivity index (χ0) is 11.9. The Bertz CT molecular complexity index is 603. The number of aromatic nitrogens is 1. The van der Waals surface area contributed by atoms with Crippen LogP contribution in [0.3, 0.4) is 0 Å². The fourth-order valence-corrected chi connectivity index (χ4v) is 1.64. The fourth-order valence-electron chi connectivity index (χ4n) is 1.30. The van der Waals surface area contributed by atoms with Crippen molar-refractivity contribution in [2.45, 2.75) is 0 Å². The number of fused-ring (bicyclic) bond motifs is 1. The van der Waals surface area contributed by atoms with E-state index >= 15 is 0 Å². The molecule has 5 nitrogen and oxygen atoms in total. The van der Waals surface area contributed by atoms with Gasteiger partial charge in [0, 0.05) is 6.07 Å². The highest BCUT2D eigenvalue weighted by Crippen LogP contribution is 2.34. The molecule has 0 atom stereocenters. The summed E-state index contributed by atoms with van der Waals surface area (Å²) >= 11 is 2.93. The van der Waals surface area contributed by atoms with Gasteiger partial charge in [-0.1, -0.05) is 0 Å². The molecule has 7 heteroatoms. The Balaban J connectivity index is 2.84. The van der Waals surface area contributed by atoms with Crippen LogP contribution in [0.1, 0.15) is 0 Å². The van der Waals surface area contributed by atoms with Gasteiger partial charge >= 0.3 is 5.69 Å². The van der Waals surface area contributed by atoms with Gasteiger partial charge in [0.1, 0.15) is 12.0 Å². The van der Waals surface area contributed by atoms with Crippen molar-refractivity contribution in [3.05, 3.63) is 38.7 Å². The van der Waals surface area contributed by atoms with E-state index in [0.717, 1.165) is 12.3 Å². The summed E-state index contributed by atoms with van der Waals surface area (Å²) in [7, 11) is 0. The molecule has 0 spiro atoms. The van der Waals surface area contributed by atoms with Crippen molar-refractivity contribution in [3.63, 3.8) is 0 Å². The largest absolute Gasteiger partial charge is 0.502 e. The van der Waals surface area contributed by atoms with Crippen LogP contribution in [0, 0.1) is 15.9 Å². The maximum atomic E-state index is 13.1. The van der Waals surface area contributed by atoms with E-state index in [-0.39, 0.29) is 15.4 Å². The van der Waals surface area contributed by atoms with Crippen LogP contribution >= 0.6 is 15.9 Å². The van der Waals surface area contributed by atoms with Gasteiger partial charge in [0.15, 0.2) is 0 Å². The zero-order valence-electron chi connectivity index (χ0n) is 7.65. The molecule has 0 bridgehead atoms. The summed E-state index contributed by atoms with van der Waals surface area (Å²) in [5.74, 6) is -1.07. The molecule has 82 valence electrons. The lowest BCUT2D eigenvalue weighted by molar-refractivity contribution is -0.386. The van der Waals surface area contributed by atoms with Crippen molar-refractivity contribution in [2.75, 3.05) is 0 Å². The van der Waals surface area contributed by atoms with Gasteiger partial charge in [0.05, 0.1) is 20.3 Å². The highest BCUT2D eigenvalue weighted by molar-refractivity contribution is 9.10. The van der Waals surface area contributed by atoms with Crippen LogP contribution in [0.5, 0.6) is 5.75 Å². The second-order valence-electron chi connectivity index (χ2n) is 3.03. The van der Waals surface area contributed by atoms with Crippen LogP contribution < -0.4 is 0 Å².